The minimum absolute atomic E-state index is 0.392. The molecule has 4 rings (SSSR count). The number of hydrogen-bond acceptors (Lipinski definition) is 4. The van der Waals surface area contributed by atoms with Gasteiger partial charge in [-0.3, -0.25) is 4.90 Å². The minimum Gasteiger partial charge on any atom is -0.361 e. The molecule has 0 N–H and O–H groups in total. The summed E-state index contributed by atoms with van der Waals surface area (Å²) >= 11 is 0. The molecule has 1 fully saturated rings. The molecule has 0 aromatic carbocycles. The highest BCUT2D eigenvalue weighted by atomic mass is 16.5. The average molecular weight is 322 g/mol. The van der Waals surface area contributed by atoms with E-state index in [0.717, 1.165) is 36.8 Å². The first-order valence-corrected chi connectivity index (χ1v) is 8.48. The number of likely N-dealkylation sites (tertiary alicyclic amines) is 1. The lowest BCUT2D eigenvalue weighted by atomic mass is 10.0. The van der Waals surface area contributed by atoms with Gasteiger partial charge in [0.2, 0.25) is 0 Å². The van der Waals surface area contributed by atoms with Crippen molar-refractivity contribution in [1.82, 2.24) is 19.6 Å². The molecule has 5 heteroatoms. The van der Waals surface area contributed by atoms with E-state index in [1.54, 1.807) is 0 Å². The molecule has 0 saturated carbocycles. The summed E-state index contributed by atoms with van der Waals surface area (Å²) in [5.41, 5.74) is 3.54. The van der Waals surface area contributed by atoms with E-state index in [1.165, 1.54) is 17.7 Å². The van der Waals surface area contributed by atoms with Gasteiger partial charge in [0.1, 0.15) is 11.6 Å². The van der Waals surface area contributed by atoms with E-state index in [1.807, 2.05) is 38.2 Å². The van der Waals surface area contributed by atoms with Gasteiger partial charge in [-0.1, -0.05) is 11.2 Å². The van der Waals surface area contributed by atoms with Crippen LogP contribution in [0.3, 0.4) is 0 Å². The van der Waals surface area contributed by atoms with Crippen LogP contribution in [-0.2, 0) is 6.54 Å². The van der Waals surface area contributed by atoms with Crippen molar-refractivity contribution in [3.05, 3.63) is 65.4 Å². The third-order valence-electron chi connectivity index (χ3n) is 4.88. The van der Waals surface area contributed by atoms with Crippen molar-refractivity contribution in [3.63, 3.8) is 0 Å². The average Bonchev–Trinajstić information content (AvgIpc) is 3.31. The predicted octanol–water partition coefficient (Wildman–Crippen LogP) is 3.81. The second-order valence-corrected chi connectivity index (χ2v) is 6.42. The van der Waals surface area contributed by atoms with Crippen LogP contribution in [0.1, 0.15) is 41.6 Å². The van der Waals surface area contributed by atoms with Crippen molar-refractivity contribution in [1.29, 1.82) is 0 Å². The van der Waals surface area contributed by atoms with Gasteiger partial charge in [0.15, 0.2) is 0 Å². The first kappa shape index (κ1) is 15.1. The number of pyridine rings is 1. The molecular weight excluding hydrogens is 300 g/mol. The van der Waals surface area contributed by atoms with E-state index < -0.39 is 0 Å². The van der Waals surface area contributed by atoms with Gasteiger partial charge in [-0.15, -0.1) is 0 Å². The van der Waals surface area contributed by atoms with Gasteiger partial charge < -0.3 is 9.09 Å². The normalized spacial score (nSPS) is 18.3. The van der Waals surface area contributed by atoms with E-state index in [2.05, 4.69) is 37.9 Å². The summed E-state index contributed by atoms with van der Waals surface area (Å²) in [6.07, 6.45) is 6.28. The van der Waals surface area contributed by atoms with Crippen molar-refractivity contribution in [3.8, 4) is 5.82 Å². The highest BCUT2D eigenvalue weighted by Gasteiger charge is 2.31. The Morgan fingerprint density at radius 1 is 1.21 bits per heavy atom. The van der Waals surface area contributed by atoms with Crippen LogP contribution < -0.4 is 0 Å². The van der Waals surface area contributed by atoms with Crippen LogP contribution in [0.4, 0.5) is 0 Å². The molecule has 1 unspecified atom stereocenters. The van der Waals surface area contributed by atoms with Gasteiger partial charge in [-0.25, -0.2) is 4.98 Å². The van der Waals surface area contributed by atoms with E-state index in [4.69, 9.17) is 4.52 Å². The maximum atomic E-state index is 5.39. The molecule has 0 spiro atoms. The highest BCUT2D eigenvalue weighted by molar-refractivity contribution is 5.29. The Balaban J connectivity index is 1.61. The maximum absolute atomic E-state index is 5.39. The van der Waals surface area contributed by atoms with Crippen molar-refractivity contribution in [2.75, 3.05) is 6.54 Å². The highest BCUT2D eigenvalue weighted by Crippen LogP contribution is 2.36. The lowest BCUT2D eigenvalue weighted by Gasteiger charge is -2.25. The van der Waals surface area contributed by atoms with Gasteiger partial charge in [-0.05, 0) is 57.5 Å². The molecular formula is C19H22N4O. The van der Waals surface area contributed by atoms with Crippen LogP contribution in [0.5, 0.6) is 0 Å². The van der Waals surface area contributed by atoms with Crippen molar-refractivity contribution in [2.45, 2.75) is 39.3 Å². The van der Waals surface area contributed by atoms with Crippen molar-refractivity contribution < 1.29 is 4.52 Å². The Kier molecular flexibility index (Phi) is 3.94. The zero-order valence-corrected chi connectivity index (χ0v) is 14.1. The van der Waals surface area contributed by atoms with Crippen LogP contribution in [-0.4, -0.2) is 26.2 Å². The summed E-state index contributed by atoms with van der Waals surface area (Å²) in [6, 6.07) is 10.7. The standard InChI is InChI=1S/C19H22N4O/c1-14-19(15(2)24-21-14)17-8-6-11-22(17)13-16-7-5-12-23(16)18-9-3-4-10-20-18/h3-5,7,9-10,12,17H,6,8,11,13H2,1-2H3. The third kappa shape index (κ3) is 2.65. The SMILES string of the molecule is Cc1noc(C)c1C1CCCN1Cc1cccn1-c1ccccn1. The Bertz CT molecular complexity index is 802. The summed E-state index contributed by atoms with van der Waals surface area (Å²) in [6.45, 7) is 6.06. The third-order valence-corrected chi connectivity index (χ3v) is 4.88. The van der Waals surface area contributed by atoms with Gasteiger partial charge in [0.25, 0.3) is 0 Å². The number of aromatic nitrogens is 3. The molecule has 1 aliphatic rings. The smallest absolute Gasteiger partial charge is 0.138 e. The van der Waals surface area contributed by atoms with Crippen LogP contribution in [0.15, 0.2) is 47.2 Å². The van der Waals surface area contributed by atoms with Crippen LogP contribution in [0, 0.1) is 13.8 Å². The quantitative estimate of drug-likeness (QED) is 0.733. The molecule has 3 aromatic rings. The second kappa shape index (κ2) is 6.24. The summed E-state index contributed by atoms with van der Waals surface area (Å²) < 4.78 is 7.56. The number of hydrogen-bond donors (Lipinski definition) is 0. The first-order chi connectivity index (χ1) is 11.7. The lowest BCUT2D eigenvalue weighted by Crippen LogP contribution is -2.24. The van der Waals surface area contributed by atoms with Crippen LogP contribution in [0.25, 0.3) is 5.82 Å². The largest absolute Gasteiger partial charge is 0.361 e. The Morgan fingerprint density at radius 2 is 2.12 bits per heavy atom. The molecule has 5 nitrogen and oxygen atoms in total. The van der Waals surface area contributed by atoms with E-state index >= 15 is 0 Å². The summed E-state index contributed by atoms with van der Waals surface area (Å²) in [5, 5.41) is 4.14. The van der Waals surface area contributed by atoms with E-state index in [-0.39, 0.29) is 0 Å². The summed E-state index contributed by atoms with van der Waals surface area (Å²) in [5.74, 6) is 1.91. The number of nitrogens with zero attached hydrogens (tertiary/aromatic N) is 4. The van der Waals surface area contributed by atoms with Crippen molar-refractivity contribution >= 4 is 0 Å². The zero-order chi connectivity index (χ0) is 16.5. The fourth-order valence-corrected chi connectivity index (χ4v) is 3.78. The Morgan fingerprint density at radius 3 is 2.88 bits per heavy atom. The van der Waals surface area contributed by atoms with Gasteiger partial charge in [-0.2, -0.15) is 0 Å². The Labute approximate surface area is 141 Å². The van der Waals surface area contributed by atoms with Crippen LogP contribution >= 0.6 is 0 Å². The van der Waals surface area contributed by atoms with Gasteiger partial charge in [0, 0.05) is 36.2 Å². The molecule has 0 radical (unpaired) electrons. The fraction of sp³-hybridized carbons (Fsp3) is 0.368. The minimum atomic E-state index is 0.392. The first-order valence-electron chi connectivity index (χ1n) is 8.48. The second-order valence-electron chi connectivity index (χ2n) is 6.42. The topological polar surface area (TPSA) is 47.1 Å². The van der Waals surface area contributed by atoms with Gasteiger partial charge >= 0.3 is 0 Å². The van der Waals surface area contributed by atoms with Crippen molar-refractivity contribution in [2.24, 2.45) is 0 Å². The molecule has 1 saturated heterocycles. The summed E-state index contributed by atoms with van der Waals surface area (Å²) in [7, 11) is 0. The molecule has 24 heavy (non-hydrogen) atoms. The van der Waals surface area contributed by atoms with Gasteiger partial charge in [0.05, 0.1) is 5.69 Å². The Hall–Kier alpha value is -2.40. The molecule has 124 valence electrons. The fourth-order valence-electron chi connectivity index (χ4n) is 3.78. The summed E-state index contributed by atoms with van der Waals surface area (Å²) in [4.78, 5) is 7.00. The van der Waals surface area contributed by atoms with E-state index in [9.17, 15) is 0 Å². The molecule has 4 heterocycles. The number of rotatable bonds is 4. The lowest BCUT2D eigenvalue weighted by molar-refractivity contribution is 0.241. The molecule has 3 aromatic heterocycles. The molecule has 0 aliphatic carbocycles. The van der Waals surface area contributed by atoms with Crippen LogP contribution in [0.2, 0.25) is 0 Å². The molecule has 0 bridgehead atoms. The number of aryl methyl sites for hydroxylation is 2. The molecule has 1 aliphatic heterocycles. The monoisotopic (exact) mass is 322 g/mol. The molecule has 0 amide bonds. The maximum Gasteiger partial charge on any atom is 0.138 e. The predicted molar refractivity (Wildman–Crippen MR) is 91.9 cm³/mol. The van der Waals surface area contributed by atoms with E-state index in [0.29, 0.717) is 6.04 Å². The zero-order valence-electron chi connectivity index (χ0n) is 14.1. The molecule has 1 atom stereocenters.